The summed E-state index contributed by atoms with van der Waals surface area (Å²) in [6, 6.07) is 4.69. The molecule has 1 aromatic heterocycles. The van der Waals surface area contributed by atoms with E-state index in [0.29, 0.717) is 10.8 Å². The van der Waals surface area contributed by atoms with Crippen LogP contribution in [0.1, 0.15) is 5.56 Å². The van der Waals surface area contributed by atoms with E-state index in [-0.39, 0.29) is 4.90 Å². The maximum absolute atomic E-state index is 12.0. The van der Waals surface area contributed by atoms with Crippen molar-refractivity contribution in [2.75, 3.05) is 10.5 Å². The summed E-state index contributed by atoms with van der Waals surface area (Å²) in [7, 11) is -3.61. The third-order valence-electron chi connectivity index (χ3n) is 2.04. The van der Waals surface area contributed by atoms with E-state index in [4.69, 9.17) is 5.73 Å². The molecule has 0 saturated heterocycles. The van der Waals surface area contributed by atoms with Gasteiger partial charge in [-0.3, -0.25) is 4.72 Å². The van der Waals surface area contributed by atoms with E-state index < -0.39 is 10.0 Å². The predicted molar refractivity (Wildman–Crippen MR) is 68.5 cm³/mol. The van der Waals surface area contributed by atoms with Gasteiger partial charge in [0.2, 0.25) is 0 Å². The molecule has 0 saturated carbocycles. The van der Waals surface area contributed by atoms with Gasteiger partial charge < -0.3 is 5.73 Å². The number of thiazole rings is 1. The number of aryl methyl sites for hydroxylation is 1. The fraction of sp³-hybridized carbons (Fsp3) is 0.100. The molecular formula is C10H11N3O2S2. The highest BCUT2D eigenvalue weighted by Crippen LogP contribution is 2.20. The van der Waals surface area contributed by atoms with Crippen molar-refractivity contribution in [3.8, 4) is 0 Å². The Morgan fingerprint density at radius 2 is 2.12 bits per heavy atom. The van der Waals surface area contributed by atoms with Crippen LogP contribution in [0.5, 0.6) is 0 Å². The molecule has 0 aliphatic carbocycles. The zero-order valence-electron chi connectivity index (χ0n) is 9.04. The zero-order chi connectivity index (χ0) is 12.5. The lowest BCUT2D eigenvalue weighted by Crippen LogP contribution is -2.13. The molecule has 0 bridgehead atoms. The number of nitrogens with one attached hydrogen (secondary N) is 1. The van der Waals surface area contributed by atoms with Gasteiger partial charge in [0.1, 0.15) is 0 Å². The topological polar surface area (TPSA) is 85.1 Å². The number of nitrogens with zero attached hydrogens (tertiary/aromatic N) is 1. The number of nitrogen functional groups attached to an aromatic ring is 1. The van der Waals surface area contributed by atoms with Crippen molar-refractivity contribution in [2.45, 2.75) is 11.8 Å². The highest BCUT2D eigenvalue weighted by atomic mass is 32.2. The monoisotopic (exact) mass is 269 g/mol. The minimum atomic E-state index is -3.61. The number of anilines is 2. The summed E-state index contributed by atoms with van der Waals surface area (Å²) in [4.78, 5) is 4.01. The SMILES string of the molecule is Cc1cc(N)cc(S(=O)(=O)Nc2nccs2)c1. The van der Waals surface area contributed by atoms with E-state index in [9.17, 15) is 8.42 Å². The van der Waals surface area contributed by atoms with Crippen LogP contribution in [0.3, 0.4) is 0 Å². The quantitative estimate of drug-likeness (QED) is 0.832. The maximum atomic E-state index is 12.0. The summed E-state index contributed by atoms with van der Waals surface area (Å²) in [6.45, 7) is 1.79. The Morgan fingerprint density at radius 3 is 2.71 bits per heavy atom. The normalized spacial score (nSPS) is 11.4. The molecule has 0 radical (unpaired) electrons. The summed E-state index contributed by atoms with van der Waals surface area (Å²) < 4.78 is 26.4. The molecule has 90 valence electrons. The third kappa shape index (κ3) is 2.75. The largest absolute Gasteiger partial charge is 0.399 e. The highest BCUT2D eigenvalue weighted by molar-refractivity contribution is 7.93. The average Bonchev–Trinajstić information content (AvgIpc) is 2.68. The van der Waals surface area contributed by atoms with Gasteiger partial charge in [0.05, 0.1) is 4.90 Å². The van der Waals surface area contributed by atoms with E-state index >= 15 is 0 Å². The van der Waals surface area contributed by atoms with Crippen molar-refractivity contribution < 1.29 is 8.42 Å². The van der Waals surface area contributed by atoms with Gasteiger partial charge in [0.25, 0.3) is 10.0 Å². The number of aromatic nitrogens is 1. The number of hydrogen-bond donors (Lipinski definition) is 2. The number of nitrogens with two attached hydrogens (primary N) is 1. The maximum Gasteiger partial charge on any atom is 0.263 e. The molecule has 0 fully saturated rings. The van der Waals surface area contributed by atoms with Crippen LogP contribution in [-0.4, -0.2) is 13.4 Å². The van der Waals surface area contributed by atoms with E-state index in [1.54, 1.807) is 24.4 Å². The van der Waals surface area contributed by atoms with E-state index in [1.807, 2.05) is 0 Å². The molecule has 17 heavy (non-hydrogen) atoms. The van der Waals surface area contributed by atoms with E-state index in [0.717, 1.165) is 5.56 Å². The Morgan fingerprint density at radius 1 is 1.35 bits per heavy atom. The first-order valence-electron chi connectivity index (χ1n) is 4.77. The fourth-order valence-corrected chi connectivity index (χ4v) is 3.31. The Bertz CT molecular complexity index is 601. The second-order valence-corrected chi connectivity index (χ2v) is 6.10. The first-order valence-corrected chi connectivity index (χ1v) is 7.13. The van der Waals surface area contributed by atoms with Crippen LogP contribution in [0.15, 0.2) is 34.7 Å². The molecule has 0 unspecified atom stereocenters. The van der Waals surface area contributed by atoms with Crippen LogP contribution in [-0.2, 0) is 10.0 Å². The van der Waals surface area contributed by atoms with Crippen molar-refractivity contribution in [3.63, 3.8) is 0 Å². The summed E-state index contributed by atoms with van der Waals surface area (Å²) in [5, 5.41) is 2.03. The van der Waals surface area contributed by atoms with Crippen molar-refractivity contribution in [2.24, 2.45) is 0 Å². The Kier molecular flexibility index (Phi) is 3.03. The van der Waals surface area contributed by atoms with Gasteiger partial charge in [-0.2, -0.15) is 0 Å². The number of sulfonamides is 1. The summed E-state index contributed by atoms with van der Waals surface area (Å²) in [5.74, 6) is 0. The van der Waals surface area contributed by atoms with Gasteiger partial charge in [-0.1, -0.05) is 0 Å². The molecule has 0 atom stereocenters. The number of rotatable bonds is 3. The predicted octanol–water partition coefficient (Wildman–Crippen LogP) is 1.83. The fourth-order valence-electron chi connectivity index (χ4n) is 1.38. The van der Waals surface area contributed by atoms with Gasteiger partial charge in [0, 0.05) is 17.3 Å². The van der Waals surface area contributed by atoms with Crippen LogP contribution in [0.25, 0.3) is 0 Å². The summed E-state index contributed by atoms with van der Waals surface area (Å²) in [5.41, 5.74) is 6.84. The van der Waals surface area contributed by atoms with Gasteiger partial charge in [-0.05, 0) is 30.7 Å². The molecule has 0 spiro atoms. The summed E-state index contributed by atoms with van der Waals surface area (Å²) >= 11 is 1.22. The lowest BCUT2D eigenvalue weighted by molar-refractivity contribution is 0.601. The van der Waals surface area contributed by atoms with Gasteiger partial charge in [0.15, 0.2) is 5.13 Å². The van der Waals surface area contributed by atoms with Crippen LogP contribution < -0.4 is 10.5 Å². The van der Waals surface area contributed by atoms with Crippen LogP contribution in [0, 0.1) is 6.92 Å². The van der Waals surface area contributed by atoms with Crippen molar-refractivity contribution >= 4 is 32.2 Å². The summed E-state index contributed by atoms with van der Waals surface area (Å²) in [6.07, 6.45) is 1.53. The van der Waals surface area contributed by atoms with Crippen molar-refractivity contribution in [3.05, 3.63) is 35.3 Å². The number of benzene rings is 1. The molecule has 0 amide bonds. The van der Waals surface area contributed by atoms with E-state index in [1.165, 1.54) is 23.6 Å². The van der Waals surface area contributed by atoms with Gasteiger partial charge in [-0.15, -0.1) is 11.3 Å². The Balaban J connectivity index is 2.38. The highest BCUT2D eigenvalue weighted by Gasteiger charge is 2.16. The minimum absolute atomic E-state index is 0.144. The first-order chi connectivity index (χ1) is 7.97. The van der Waals surface area contributed by atoms with Gasteiger partial charge in [-0.25, -0.2) is 13.4 Å². The molecule has 5 nitrogen and oxygen atoms in total. The number of hydrogen-bond acceptors (Lipinski definition) is 5. The second kappa shape index (κ2) is 4.34. The lowest BCUT2D eigenvalue weighted by Gasteiger charge is -2.07. The molecule has 2 rings (SSSR count). The second-order valence-electron chi connectivity index (χ2n) is 3.52. The minimum Gasteiger partial charge on any atom is -0.399 e. The van der Waals surface area contributed by atoms with Crippen molar-refractivity contribution in [1.82, 2.24) is 4.98 Å². The molecule has 1 heterocycles. The molecule has 1 aromatic carbocycles. The molecule has 0 aliphatic rings. The molecular weight excluding hydrogens is 258 g/mol. The molecule has 2 aromatic rings. The third-order valence-corrected chi connectivity index (χ3v) is 4.17. The van der Waals surface area contributed by atoms with Crippen LogP contribution >= 0.6 is 11.3 Å². The standard InChI is InChI=1S/C10H11N3O2S2/c1-7-4-8(11)6-9(5-7)17(14,15)13-10-12-2-3-16-10/h2-6H,11H2,1H3,(H,12,13). The van der Waals surface area contributed by atoms with Crippen molar-refractivity contribution in [1.29, 1.82) is 0 Å². The lowest BCUT2D eigenvalue weighted by atomic mass is 10.2. The molecule has 7 heteroatoms. The van der Waals surface area contributed by atoms with Gasteiger partial charge >= 0.3 is 0 Å². The molecule has 3 N–H and O–H groups in total. The van der Waals surface area contributed by atoms with E-state index in [2.05, 4.69) is 9.71 Å². The Labute approximate surface area is 103 Å². The first kappa shape index (κ1) is 11.9. The smallest absolute Gasteiger partial charge is 0.263 e. The Hall–Kier alpha value is -1.60. The zero-order valence-corrected chi connectivity index (χ0v) is 10.7. The van der Waals surface area contributed by atoms with Crippen LogP contribution in [0.2, 0.25) is 0 Å². The molecule has 0 aliphatic heterocycles. The van der Waals surface area contributed by atoms with Crippen LogP contribution in [0.4, 0.5) is 10.8 Å². The average molecular weight is 269 g/mol.